The van der Waals surface area contributed by atoms with Crippen LogP contribution in [0.3, 0.4) is 0 Å². The zero-order valence-electron chi connectivity index (χ0n) is 13.9. The maximum absolute atomic E-state index is 12.1. The van der Waals surface area contributed by atoms with Crippen LogP contribution in [-0.2, 0) is 4.79 Å². The fourth-order valence-electron chi connectivity index (χ4n) is 2.49. The Morgan fingerprint density at radius 2 is 1.88 bits per heavy atom. The van der Waals surface area contributed by atoms with Crippen molar-refractivity contribution in [2.24, 2.45) is 0 Å². The standard InChI is InChI=1S/C19H19NO5/c1-13(15-4-7-17-18(10-15)24-9-8-23-17)20-19(22)12-25-16-5-2-14(11-21)3-6-16/h2-7,10-11,13H,8-9,12H2,1H3,(H,20,22). The van der Waals surface area contributed by atoms with Crippen molar-refractivity contribution < 1.29 is 23.8 Å². The van der Waals surface area contributed by atoms with Gasteiger partial charge in [-0.3, -0.25) is 9.59 Å². The van der Waals surface area contributed by atoms with Crippen molar-refractivity contribution in [3.05, 3.63) is 53.6 Å². The summed E-state index contributed by atoms with van der Waals surface area (Å²) >= 11 is 0. The number of carbonyl (C=O) groups is 2. The number of aldehydes is 1. The van der Waals surface area contributed by atoms with E-state index in [2.05, 4.69) is 5.32 Å². The van der Waals surface area contributed by atoms with Crippen LogP contribution < -0.4 is 19.5 Å². The van der Waals surface area contributed by atoms with Gasteiger partial charge in [0.15, 0.2) is 18.1 Å². The lowest BCUT2D eigenvalue weighted by Crippen LogP contribution is -2.31. The first-order chi connectivity index (χ1) is 12.2. The van der Waals surface area contributed by atoms with E-state index in [0.717, 1.165) is 17.6 Å². The quantitative estimate of drug-likeness (QED) is 0.817. The van der Waals surface area contributed by atoms with Crippen LogP contribution in [0.15, 0.2) is 42.5 Å². The smallest absolute Gasteiger partial charge is 0.258 e. The normalized spacial score (nSPS) is 13.6. The highest BCUT2D eigenvalue weighted by Gasteiger charge is 2.16. The minimum absolute atomic E-state index is 0.102. The molecule has 0 saturated heterocycles. The second-order valence-corrected chi connectivity index (χ2v) is 5.67. The molecule has 1 amide bonds. The van der Waals surface area contributed by atoms with Crippen LogP contribution in [0.1, 0.15) is 28.9 Å². The lowest BCUT2D eigenvalue weighted by atomic mass is 10.1. The predicted octanol–water partition coefficient (Wildman–Crippen LogP) is 2.53. The Hall–Kier alpha value is -3.02. The van der Waals surface area contributed by atoms with Crippen LogP contribution in [0.4, 0.5) is 0 Å². The van der Waals surface area contributed by atoms with E-state index >= 15 is 0 Å². The highest BCUT2D eigenvalue weighted by Crippen LogP contribution is 2.32. The number of carbonyl (C=O) groups excluding carboxylic acids is 2. The van der Waals surface area contributed by atoms with Gasteiger partial charge in [-0.05, 0) is 48.9 Å². The minimum Gasteiger partial charge on any atom is -0.486 e. The molecule has 0 aromatic heterocycles. The van der Waals surface area contributed by atoms with E-state index in [4.69, 9.17) is 14.2 Å². The molecule has 1 unspecified atom stereocenters. The van der Waals surface area contributed by atoms with E-state index in [1.165, 1.54) is 0 Å². The molecule has 0 saturated carbocycles. The van der Waals surface area contributed by atoms with Crippen LogP contribution in [0, 0.1) is 0 Å². The Morgan fingerprint density at radius 1 is 1.16 bits per heavy atom. The molecule has 1 heterocycles. The number of amides is 1. The van der Waals surface area contributed by atoms with Gasteiger partial charge in [-0.1, -0.05) is 6.07 Å². The molecule has 6 heteroatoms. The molecule has 3 rings (SSSR count). The van der Waals surface area contributed by atoms with Gasteiger partial charge in [0.05, 0.1) is 6.04 Å². The summed E-state index contributed by atoms with van der Waals surface area (Å²) in [6.45, 7) is 2.86. The number of benzene rings is 2. The summed E-state index contributed by atoms with van der Waals surface area (Å²) in [6, 6.07) is 12.0. The third-order valence-electron chi connectivity index (χ3n) is 3.83. The average molecular weight is 341 g/mol. The summed E-state index contributed by atoms with van der Waals surface area (Å²) in [5.41, 5.74) is 1.48. The van der Waals surface area contributed by atoms with Crippen molar-refractivity contribution in [2.75, 3.05) is 19.8 Å². The first-order valence-electron chi connectivity index (χ1n) is 8.02. The first-order valence-corrected chi connectivity index (χ1v) is 8.02. The van der Waals surface area contributed by atoms with Crippen LogP contribution in [-0.4, -0.2) is 32.0 Å². The van der Waals surface area contributed by atoms with E-state index in [1.54, 1.807) is 24.3 Å². The maximum atomic E-state index is 12.1. The Labute approximate surface area is 145 Å². The van der Waals surface area contributed by atoms with Crippen LogP contribution in [0.25, 0.3) is 0 Å². The molecular weight excluding hydrogens is 322 g/mol. The molecule has 130 valence electrons. The van der Waals surface area contributed by atoms with Crippen LogP contribution >= 0.6 is 0 Å². The zero-order valence-corrected chi connectivity index (χ0v) is 13.9. The third kappa shape index (κ3) is 4.29. The first kappa shape index (κ1) is 16.8. The molecule has 0 bridgehead atoms. The van der Waals surface area contributed by atoms with Gasteiger partial charge in [-0.2, -0.15) is 0 Å². The number of nitrogens with one attached hydrogen (secondary N) is 1. The van der Waals surface area contributed by atoms with Gasteiger partial charge in [0.1, 0.15) is 25.2 Å². The van der Waals surface area contributed by atoms with Gasteiger partial charge < -0.3 is 19.5 Å². The molecule has 0 radical (unpaired) electrons. The van der Waals surface area contributed by atoms with Gasteiger partial charge in [0.2, 0.25) is 0 Å². The van der Waals surface area contributed by atoms with E-state index in [-0.39, 0.29) is 18.6 Å². The van der Waals surface area contributed by atoms with Crippen molar-refractivity contribution in [2.45, 2.75) is 13.0 Å². The largest absolute Gasteiger partial charge is 0.486 e. The second-order valence-electron chi connectivity index (χ2n) is 5.67. The summed E-state index contributed by atoms with van der Waals surface area (Å²) in [7, 11) is 0. The number of rotatable bonds is 6. The van der Waals surface area contributed by atoms with Crippen molar-refractivity contribution in [3.8, 4) is 17.2 Å². The predicted molar refractivity (Wildman–Crippen MR) is 91.3 cm³/mol. The molecule has 1 atom stereocenters. The molecular formula is C19H19NO5. The Balaban J connectivity index is 1.54. The lowest BCUT2D eigenvalue weighted by molar-refractivity contribution is -0.123. The second kappa shape index (κ2) is 7.70. The van der Waals surface area contributed by atoms with Gasteiger partial charge >= 0.3 is 0 Å². The molecule has 0 aliphatic carbocycles. The van der Waals surface area contributed by atoms with Gasteiger partial charge in [-0.15, -0.1) is 0 Å². The van der Waals surface area contributed by atoms with Gasteiger partial charge in [-0.25, -0.2) is 0 Å². The molecule has 25 heavy (non-hydrogen) atoms. The SMILES string of the molecule is CC(NC(=O)COc1ccc(C=O)cc1)c1ccc2c(c1)OCCO2. The molecule has 0 fully saturated rings. The van der Waals surface area contributed by atoms with Crippen molar-refractivity contribution in [3.63, 3.8) is 0 Å². The third-order valence-corrected chi connectivity index (χ3v) is 3.83. The van der Waals surface area contributed by atoms with E-state index in [9.17, 15) is 9.59 Å². The van der Waals surface area contributed by atoms with Gasteiger partial charge in [0.25, 0.3) is 5.91 Å². The zero-order chi connectivity index (χ0) is 17.6. The maximum Gasteiger partial charge on any atom is 0.258 e. The molecule has 6 nitrogen and oxygen atoms in total. The fraction of sp³-hybridized carbons (Fsp3) is 0.263. The van der Waals surface area contributed by atoms with E-state index < -0.39 is 0 Å². The van der Waals surface area contributed by atoms with E-state index in [1.807, 2.05) is 25.1 Å². The molecule has 1 aliphatic rings. The molecule has 0 spiro atoms. The van der Waals surface area contributed by atoms with Gasteiger partial charge in [0, 0.05) is 5.56 Å². The van der Waals surface area contributed by atoms with E-state index in [0.29, 0.717) is 30.3 Å². The number of fused-ring (bicyclic) bond motifs is 1. The minimum atomic E-state index is -0.234. The fourth-order valence-corrected chi connectivity index (χ4v) is 2.49. The number of hydrogen-bond acceptors (Lipinski definition) is 5. The topological polar surface area (TPSA) is 73.9 Å². The monoisotopic (exact) mass is 341 g/mol. The average Bonchev–Trinajstić information content (AvgIpc) is 2.66. The Morgan fingerprint density at radius 3 is 2.60 bits per heavy atom. The number of hydrogen-bond donors (Lipinski definition) is 1. The van der Waals surface area contributed by atoms with Crippen LogP contribution in [0.2, 0.25) is 0 Å². The van der Waals surface area contributed by atoms with Crippen molar-refractivity contribution >= 4 is 12.2 Å². The molecule has 1 N–H and O–H groups in total. The molecule has 1 aliphatic heterocycles. The highest BCUT2D eigenvalue weighted by molar-refractivity contribution is 5.78. The summed E-state index contributed by atoms with van der Waals surface area (Å²) in [5.74, 6) is 1.71. The number of ether oxygens (including phenoxy) is 3. The lowest BCUT2D eigenvalue weighted by Gasteiger charge is -2.21. The summed E-state index contributed by atoms with van der Waals surface area (Å²) in [4.78, 5) is 22.7. The Bertz CT molecular complexity index is 757. The summed E-state index contributed by atoms with van der Waals surface area (Å²) in [6.07, 6.45) is 0.755. The van der Waals surface area contributed by atoms with Crippen molar-refractivity contribution in [1.82, 2.24) is 5.32 Å². The summed E-state index contributed by atoms with van der Waals surface area (Å²) < 4.78 is 16.5. The highest BCUT2D eigenvalue weighted by atomic mass is 16.6. The molecule has 2 aromatic rings. The summed E-state index contributed by atoms with van der Waals surface area (Å²) in [5, 5.41) is 2.88. The Kier molecular flexibility index (Phi) is 5.18. The molecule has 2 aromatic carbocycles. The van der Waals surface area contributed by atoms with Crippen molar-refractivity contribution in [1.29, 1.82) is 0 Å². The van der Waals surface area contributed by atoms with Crippen LogP contribution in [0.5, 0.6) is 17.2 Å².